The Morgan fingerprint density at radius 2 is 2.29 bits per heavy atom. The Labute approximate surface area is 55.4 Å². The zero-order valence-electron chi connectivity index (χ0n) is 4.03. The zero-order chi connectivity index (χ0) is 4.83. The van der Waals surface area contributed by atoms with Crippen molar-refractivity contribution in [2.45, 2.75) is 13.3 Å². The van der Waals surface area contributed by atoms with Crippen LogP contribution in [0.2, 0.25) is 0 Å². The van der Waals surface area contributed by atoms with Gasteiger partial charge >= 0.3 is 8.69 Å². The van der Waals surface area contributed by atoms with Gasteiger partial charge in [0.25, 0.3) is 0 Å². The molecule has 2 nitrogen and oxygen atoms in total. The van der Waals surface area contributed by atoms with Gasteiger partial charge in [-0.1, -0.05) is 6.92 Å². The van der Waals surface area contributed by atoms with E-state index in [1.165, 1.54) is 0 Å². The van der Waals surface area contributed by atoms with Crippen LogP contribution in [0.5, 0.6) is 0 Å². The number of hydrogen-bond donors (Lipinski definition) is 0. The SMILES string of the molecule is CCCOP=O.[Fe]. The van der Waals surface area contributed by atoms with Gasteiger partial charge in [0.15, 0.2) is 0 Å². The summed E-state index contributed by atoms with van der Waals surface area (Å²) in [7, 11) is -0.205. The topological polar surface area (TPSA) is 26.3 Å². The third-order valence-electron chi connectivity index (χ3n) is 0.348. The molecule has 0 aromatic heterocycles. The summed E-state index contributed by atoms with van der Waals surface area (Å²) in [4.78, 5) is 0. The normalized spacial score (nSPS) is 8.14. The summed E-state index contributed by atoms with van der Waals surface area (Å²) in [5.74, 6) is 0. The van der Waals surface area contributed by atoms with Gasteiger partial charge in [-0.3, -0.25) is 4.52 Å². The van der Waals surface area contributed by atoms with E-state index < -0.39 is 0 Å². The van der Waals surface area contributed by atoms with Crippen LogP contribution in [0, 0.1) is 0 Å². The van der Waals surface area contributed by atoms with E-state index >= 15 is 0 Å². The molecule has 0 bridgehead atoms. The van der Waals surface area contributed by atoms with E-state index in [-0.39, 0.29) is 25.8 Å². The summed E-state index contributed by atoms with van der Waals surface area (Å²) < 4.78 is 13.8. The molecule has 0 spiro atoms. The fourth-order valence-electron chi connectivity index (χ4n) is 0.129. The summed E-state index contributed by atoms with van der Waals surface area (Å²) >= 11 is 0. The number of rotatable bonds is 3. The summed E-state index contributed by atoms with van der Waals surface area (Å²) in [6, 6.07) is 0. The molecule has 0 aliphatic rings. The molecule has 0 amide bonds. The molecule has 7 heavy (non-hydrogen) atoms. The van der Waals surface area contributed by atoms with E-state index in [0.29, 0.717) is 6.61 Å². The van der Waals surface area contributed by atoms with Gasteiger partial charge in [-0.2, -0.15) is 0 Å². The molecule has 44 valence electrons. The van der Waals surface area contributed by atoms with Crippen molar-refractivity contribution < 1.29 is 26.2 Å². The Balaban J connectivity index is 0. The molecular weight excluding hydrogens is 155 g/mol. The molecule has 4 heteroatoms. The molecule has 0 saturated carbocycles. The monoisotopic (exact) mass is 162 g/mol. The van der Waals surface area contributed by atoms with Crippen LogP contribution in [0.1, 0.15) is 13.3 Å². The third kappa shape index (κ3) is 10.8. The molecule has 0 unspecified atom stereocenters. The van der Waals surface area contributed by atoms with Crippen LogP contribution in [0.15, 0.2) is 0 Å². The van der Waals surface area contributed by atoms with Crippen molar-refractivity contribution in [3.8, 4) is 0 Å². The van der Waals surface area contributed by atoms with Crippen molar-refractivity contribution in [1.29, 1.82) is 0 Å². The number of hydrogen-bond acceptors (Lipinski definition) is 2. The smallest absolute Gasteiger partial charge is 0.294 e. The van der Waals surface area contributed by atoms with Gasteiger partial charge < -0.3 is 0 Å². The van der Waals surface area contributed by atoms with Gasteiger partial charge in [0.05, 0.1) is 6.61 Å². The minimum atomic E-state index is -0.205. The Kier molecular flexibility index (Phi) is 14.7. The minimum absolute atomic E-state index is 0. The van der Waals surface area contributed by atoms with Gasteiger partial charge in [-0.25, -0.2) is 4.57 Å². The average molecular weight is 162 g/mol. The Hall–Kier alpha value is 0.579. The molecule has 0 fully saturated rings. The molecule has 0 N–H and O–H groups in total. The van der Waals surface area contributed by atoms with Crippen molar-refractivity contribution in [2.75, 3.05) is 6.61 Å². The first-order valence-corrected chi connectivity index (χ1v) is 2.59. The second kappa shape index (κ2) is 9.77. The van der Waals surface area contributed by atoms with Crippen molar-refractivity contribution in [2.24, 2.45) is 0 Å². The van der Waals surface area contributed by atoms with Crippen LogP contribution in [0.25, 0.3) is 0 Å². The predicted molar refractivity (Wildman–Crippen MR) is 23.8 cm³/mol. The molecule has 0 aliphatic heterocycles. The van der Waals surface area contributed by atoms with Crippen LogP contribution < -0.4 is 0 Å². The summed E-state index contributed by atoms with van der Waals surface area (Å²) in [5, 5.41) is 0. The van der Waals surface area contributed by atoms with Gasteiger partial charge in [0.2, 0.25) is 0 Å². The summed E-state index contributed by atoms with van der Waals surface area (Å²) in [6.07, 6.45) is 0.926. The Bertz CT molecular complexity index is 41.9. The molecule has 0 aromatic carbocycles. The van der Waals surface area contributed by atoms with E-state index in [4.69, 9.17) is 0 Å². The largest absolute Gasteiger partial charge is 0.327 e. The third-order valence-corrected chi connectivity index (χ3v) is 0.636. The maximum absolute atomic E-state index is 9.44. The van der Waals surface area contributed by atoms with Gasteiger partial charge in [0, 0.05) is 17.1 Å². The van der Waals surface area contributed by atoms with Gasteiger partial charge in [-0.05, 0) is 6.42 Å². The maximum atomic E-state index is 9.44. The van der Waals surface area contributed by atoms with Crippen molar-refractivity contribution >= 4 is 8.69 Å². The molecular formula is C3H7FeO2P. The fourth-order valence-corrected chi connectivity index (χ4v) is 0.386. The molecule has 0 heterocycles. The quantitative estimate of drug-likeness (QED) is 0.358. The van der Waals surface area contributed by atoms with E-state index in [9.17, 15) is 4.57 Å². The standard InChI is InChI=1S/C3H7O2P.Fe/c1-2-3-5-6-4;/h2-3H2,1H3;. The van der Waals surface area contributed by atoms with Crippen LogP contribution >= 0.6 is 8.69 Å². The molecule has 0 saturated heterocycles. The zero-order valence-corrected chi connectivity index (χ0v) is 6.03. The summed E-state index contributed by atoms with van der Waals surface area (Å²) in [5.41, 5.74) is 0. The van der Waals surface area contributed by atoms with Crippen molar-refractivity contribution in [1.82, 2.24) is 0 Å². The Morgan fingerprint density at radius 1 is 1.71 bits per heavy atom. The second-order valence-electron chi connectivity index (χ2n) is 0.908. The van der Waals surface area contributed by atoms with E-state index in [0.717, 1.165) is 6.42 Å². The average Bonchev–Trinajstić information content (AvgIpc) is 1.61. The van der Waals surface area contributed by atoms with Crippen LogP contribution in [0.4, 0.5) is 0 Å². The van der Waals surface area contributed by atoms with Crippen molar-refractivity contribution in [3.05, 3.63) is 0 Å². The van der Waals surface area contributed by atoms with Gasteiger partial charge in [0.1, 0.15) is 0 Å². The van der Waals surface area contributed by atoms with Crippen LogP contribution in [0.3, 0.4) is 0 Å². The van der Waals surface area contributed by atoms with E-state index in [1.807, 2.05) is 6.92 Å². The summed E-state index contributed by atoms with van der Waals surface area (Å²) in [6.45, 7) is 2.55. The van der Waals surface area contributed by atoms with Gasteiger partial charge in [-0.15, -0.1) is 0 Å². The molecule has 0 aliphatic carbocycles. The first kappa shape index (κ1) is 10.5. The first-order valence-electron chi connectivity index (χ1n) is 1.86. The molecule has 0 radical (unpaired) electrons. The Morgan fingerprint density at radius 3 is 2.43 bits per heavy atom. The van der Waals surface area contributed by atoms with E-state index in [2.05, 4.69) is 4.52 Å². The maximum Gasteiger partial charge on any atom is 0.327 e. The van der Waals surface area contributed by atoms with E-state index in [1.54, 1.807) is 0 Å². The van der Waals surface area contributed by atoms with Crippen molar-refractivity contribution in [3.63, 3.8) is 0 Å². The molecule has 0 atom stereocenters. The first-order chi connectivity index (χ1) is 2.91. The van der Waals surface area contributed by atoms with Crippen LogP contribution in [-0.2, 0) is 26.2 Å². The van der Waals surface area contributed by atoms with Crippen LogP contribution in [-0.4, -0.2) is 6.61 Å². The second-order valence-corrected chi connectivity index (χ2v) is 1.32. The fraction of sp³-hybridized carbons (Fsp3) is 1.00. The predicted octanol–water partition coefficient (Wildman–Crippen LogP) is 1.62. The molecule has 0 aromatic rings. The molecule has 0 rings (SSSR count). The minimum Gasteiger partial charge on any atom is -0.294 e.